The maximum absolute atomic E-state index is 12.8. The van der Waals surface area contributed by atoms with Crippen LogP contribution < -0.4 is 14.2 Å². The third-order valence-electron chi connectivity index (χ3n) is 6.94. The van der Waals surface area contributed by atoms with Crippen LogP contribution in [-0.4, -0.2) is 114 Å². The lowest BCUT2D eigenvalue weighted by molar-refractivity contribution is -0.298. The van der Waals surface area contributed by atoms with Gasteiger partial charge >= 0.3 is 0 Å². The lowest BCUT2D eigenvalue weighted by Gasteiger charge is -2.43. The van der Waals surface area contributed by atoms with Crippen molar-refractivity contribution in [3.63, 3.8) is 0 Å². The summed E-state index contributed by atoms with van der Waals surface area (Å²) in [5.41, 5.74) is 0.312. The summed E-state index contributed by atoms with van der Waals surface area (Å²) in [6.07, 6.45) is -17.7. The summed E-state index contributed by atoms with van der Waals surface area (Å²) in [7, 11) is 1.38. The van der Waals surface area contributed by atoms with Crippen molar-refractivity contribution in [2.75, 3.05) is 7.11 Å². The number of phenolic OH excluding ortho intramolecular Hbond substituents is 2. The number of rotatable bonds is 8. The van der Waals surface area contributed by atoms with Crippen molar-refractivity contribution in [1.82, 2.24) is 0 Å². The Bertz CT molecular complexity index is 1220. The molecule has 1 saturated heterocycles. The highest BCUT2D eigenvalue weighted by Crippen LogP contribution is 2.43. The molecule has 0 amide bonds. The lowest BCUT2D eigenvalue weighted by Crippen LogP contribution is -2.64. The highest BCUT2D eigenvalue weighted by atomic mass is 16.7. The third kappa shape index (κ3) is 5.66. The number of aliphatic hydroxyl groups excluding tert-OH is 7. The van der Waals surface area contributed by atoms with Crippen LogP contribution >= 0.6 is 0 Å². The van der Waals surface area contributed by atoms with Crippen molar-refractivity contribution in [1.29, 1.82) is 0 Å². The van der Waals surface area contributed by atoms with Crippen molar-refractivity contribution in [3.8, 4) is 28.7 Å². The molecule has 0 spiro atoms. The SMILES string of the molecule is COc1ccc(C2CC(=O)c3c(O)cc(OC4O[C@H]([C@H](O)[C@@H](O)[C@H](O)[C@@H](C)O)[C@@H](O)[C@H](O)[C@H]4O)cc3O2)cc1O. The van der Waals surface area contributed by atoms with Gasteiger partial charge in [-0.3, -0.25) is 4.79 Å². The number of carbonyl (C=O) groups is 1. The smallest absolute Gasteiger partial charge is 0.229 e. The van der Waals surface area contributed by atoms with Gasteiger partial charge in [0.25, 0.3) is 0 Å². The van der Waals surface area contributed by atoms with Gasteiger partial charge in [0.05, 0.1) is 19.6 Å². The predicted octanol–water partition coefficient (Wildman–Crippen LogP) is -1.54. The molecule has 0 aliphatic carbocycles. The Morgan fingerprint density at radius 1 is 0.925 bits per heavy atom. The number of hydrogen-bond acceptors (Lipinski definition) is 14. The largest absolute Gasteiger partial charge is 0.507 e. The van der Waals surface area contributed by atoms with E-state index in [1.165, 1.54) is 25.3 Å². The Balaban J connectivity index is 1.57. The van der Waals surface area contributed by atoms with Crippen molar-refractivity contribution in [3.05, 3.63) is 41.5 Å². The van der Waals surface area contributed by atoms with Gasteiger partial charge in [0.15, 0.2) is 17.3 Å². The zero-order chi connectivity index (χ0) is 29.5. The average Bonchev–Trinajstić information content (AvgIpc) is 2.91. The molecule has 220 valence electrons. The molecule has 2 aliphatic rings. The highest BCUT2D eigenvalue weighted by Gasteiger charge is 2.50. The summed E-state index contributed by atoms with van der Waals surface area (Å²) >= 11 is 0. The molecule has 1 fully saturated rings. The second-order valence-electron chi connectivity index (χ2n) is 9.75. The van der Waals surface area contributed by atoms with Crippen LogP contribution in [0.5, 0.6) is 28.7 Å². The molecule has 0 saturated carbocycles. The maximum atomic E-state index is 12.8. The number of hydrogen-bond donors (Lipinski definition) is 9. The standard InChI is InChI=1S/C26H32O14/c1-9(27)19(31)20(32)22(34)25-23(35)21(33)24(36)26(40-25)38-11-6-13(29)18-14(30)8-16(39-17(18)7-11)10-3-4-15(37-2)12(28)5-10/h3-7,9,16,19-29,31-36H,8H2,1-2H3/t9-,16?,19-,20+,21+,22-,23+,24-,25-,26?/m1/s1. The number of benzene rings is 2. The Morgan fingerprint density at radius 3 is 2.25 bits per heavy atom. The van der Waals surface area contributed by atoms with Crippen molar-refractivity contribution in [2.45, 2.75) is 74.6 Å². The van der Waals surface area contributed by atoms with Gasteiger partial charge in [0, 0.05) is 12.1 Å². The Morgan fingerprint density at radius 2 is 1.62 bits per heavy atom. The van der Waals surface area contributed by atoms with E-state index in [1.807, 2.05) is 0 Å². The number of Topliss-reactive ketones (excluding diaryl/α,β-unsaturated/α-hetero) is 1. The molecule has 2 unspecified atom stereocenters. The van der Waals surface area contributed by atoms with Crippen molar-refractivity contribution in [2.24, 2.45) is 0 Å². The van der Waals surface area contributed by atoms with Crippen LogP contribution in [0.4, 0.5) is 0 Å². The molecular weight excluding hydrogens is 536 g/mol. The van der Waals surface area contributed by atoms with Crippen LogP contribution in [-0.2, 0) is 4.74 Å². The molecule has 2 aliphatic heterocycles. The Hall–Kier alpha value is -3.21. The molecule has 14 heteroatoms. The first kappa shape index (κ1) is 29.8. The topological polar surface area (TPSA) is 236 Å². The van der Waals surface area contributed by atoms with E-state index in [4.69, 9.17) is 18.9 Å². The molecule has 2 aromatic rings. The fourth-order valence-electron chi connectivity index (χ4n) is 4.65. The van der Waals surface area contributed by atoms with Gasteiger partial charge < -0.3 is 64.9 Å². The van der Waals surface area contributed by atoms with E-state index < -0.39 is 72.8 Å². The zero-order valence-corrected chi connectivity index (χ0v) is 21.4. The molecule has 40 heavy (non-hydrogen) atoms. The molecule has 0 aromatic heterocycles. The summed E-state index contributed by atoms with van der Waals surface area (Å²) in [4.78, 5) is 12.8. The highest BCUT2D eigenvalue weighted by molar-refractivity contribution is 6.02. The summed E-state index contributed by atoms with van der Waals surface area (Å²) in [5, 5.41) is 91.8. The molecule has 4 rings (SSSR count). The van der Waals surface area contributed by atoms with Crippen molar-refractivity contribution < 1.29 is 69.7 Å². The summed E-state index contributed by atoms with van der Waals surface area (Å²) < 4.78 is 21.9. The Labute approximate surface area is 227 Å². The van der Waals surface area contributed by atoms with E-state index in [9.17, 15) is 50.8 Å². The number of ether oxygens (including phenoxy) is 4. The monoisotopic (exact) mass is 568 g/mol. The van der Waals surface area contributed by atoms with E-state index in [1.54, 1.807) is 6.07 Å². The second kappa shape index (κ2) is 11.7. The normalized spacial score (nSPS) is 29.5. The molecule has 9 N–H and O–H groups in total. The van der Waals surface area contributed by atoms with Crippen LogP contribution in [0, 0.1) is 0 Å². The first-order chi connectivity index (χ1) is 18.8. The number of methoxy groups -OCH3 is 1. The predicted molar refractivity (Wildman–Crippen MR) is 132 cm³/mol. The van der Waals surface area contributed by atoms with Crippen LogP contribution in [0.2, 0.25) is 0 Å². The molecule has 10 atom stereocenters. The maximum Gasteiger partial charge on any atom is 0.229 e. The van der Waals surface area contributed by atoms with Gasteiger partial charge in [0.2, 0.25) is 6.29 Å². The minimum absolute atomic E-state index is 0.0931. The van der Waals surface area contributed by atoms with E-state index in [2.05, 4.69) is 0 Å². The van der Waals surface area contributed by atoms with Gasteiger partial charge in [-0.15, -0.1) is 0 Å². The minimum Gasteiger partial charge on any atom is -0.507 e. The summed E-state index contributed by atoms with van der Waals surface area (Å²) in [5.74, 6) is -1.24. The zero-order valence-electron chi connectivity index (χ0n) is 21.4. The van der Waals surface area contributed by atoms with Crippen LogP contribution in [0.25, 0.3) is 0 Å². The molecule has 2 heterocycles. The van der Waals surface area contributed by atoms with Gasteiger partial charge in [-0.2, -0.15) is 0 Å². The Kier molecular flexibility index (Phi) is 8.72. The number of fused-ring (bicyclic) bond motifs is 1. The van der Waals surface area contributed by atoms with Gasteiger partial charge in [0.1, 0.15) is 71.6 Å². The van der Waals surface area contributed by atoms with Crippen molar-refractivity contribution >= 4 is 5.78 Å². The van der Waals surface area contributed by atoms with Crippen LogP contribution in [0.3, 0.4) is 0 Å². The van der Waals surface area contributed by atoms with Crippen LogP contribution in [0.15, 0.2) is 30.3 Å². The third-order valence-corrected chi connectivity index (χ3v) is 6.94. The molecule has 0 bridgehead atoms. The van der Waals surface area contributed by atoms with Crippen LogP contribution in [0.1, 0.15) is 35.4 Å². The fraction of sp³-hybridized carbons (Fsp3) is 0.500. The molecule has 2 aromatic carbocycles. The van der Waals surface area contributed by atoms with Gasteiger partial charge in [-0.1, -0.05) is 6.07 Å². The number of aromatic hydroxyl groups is 2. The summed E-state index contributed by atoms with van der Waals surface area (Å²) in [6.45, 7) is 1.15. The van der Waals surface area contributed by atoms with E-state index in [-0.39, 0.29) is 35.0 Å². The molecule has 14 nitrogen and oxygen atoms in total. The number of ketones is 1. The van der Waals surface area contributed by atoms with E-state index in [0.717, 1.165) is 13.0 Å². The lowest BCUT2D eigenvalue weighted by atomic mass is 9.90. The first-order valence-electron chi connectivity index (χ1n) is 12.4. The minimum atomic E-state index is -2.03. The van der Waals surface area contributed by atoms with Gasteiger partial charge in [-0.05, 0) is 24.6 Å². The average molecular weight is 569 g/mol. The number of carbonyl (C=O) groups excluding carboxylic acids is 1. The number of aliphatic hydroxyl groups is 7. The summed E-state index contributed by atoms with van der Waals surface area (Å²) in [6, 6.07) is 6.71. The molecule has 0 radical (unpaired) electrons. The molecular formula is C26H32O14. The number of phenols is 2. The second-order valence-corrected chi connectivity index (χ2v) is 9.75. The van der Waals surface area contributed by atoms with E-state index >= 15 is 0 Å². The fourth-order valence-corrected chi connectivity index (χ4v) is 4.65. The first-order valence-corrected chi connectivity index (χ1v) is 12.4. The van der Waals surface area contributed by atoms with Gasteiger partial charge in [-0.25, -0.2) is 0 Å². The van der Waals surface area contributed by atoms with E-state index in [0.29, 0.717) is 5.56 Å². The quantitative estimate of drug-likeness (QED) is 0.176.